The average Bonchev–Trinajstić information content (AvgIpc) is 2.50. The number of ketones is 1. The molecule has 0 radical (unpaired) electrons. The minimum Gasteiger partial charge on any atom is -0.372 e. The van der Waals surface area contributed by atoms with Crippen LogP contribution in [0.5, 0.6) is 0 Å². The molecule has 1 N–H and O–H groups in total. The van der Waals surface area contributed by atoms with E-state index in [2.05, 4.69) is 10.3 Å². The number of rotatable bonds is 3. The molecule has 66 valence electrons. The van der Waals surface area contributed by atoms with Gasteiger partial charge in [-0.15, -0.1) is 11.3 Å². The van der Waals surface area contributed by atoms with E-state index in [4.69, 9.17) is 0 Å². The maximum atomic E-state index is 11.4. The highest BCUT2D eigenvalue weighted by Gasteiger charge is 2.13. The van der Waals surface area contributed by atoms with E-state index in [0.29, 0.717) is 5.01 Å². The molecule has 0 fully saturated rings. The van der Waals surface area contributed by atoms with Gasteiger partial charge in [-0.3, -0.25) is 4.79 Å². The SMILES string of the molecule is CNc1csc(C(=O)C(C)C)n1. The molecule has 1 aromatic rings. The van der Waals surface area contributed by atoms with E-state index in [0.717, 1.165) is 5.82 Å². The van der Waals surface area contributed by atoms with Gasteiger partial charge in [-0.25, -0.2) is 4.98 Å². The van der Waals surface area contributed by atoms with Crippen LogP contribution in [0.15, 0.2) is 5.38 Å². The van der Waals surface area contributed by atoms with E-state index in [1.165, 1.54) is 11.3 Å². The summed E-state index contributed by atoms with van der Waals surface area (Å²) in [6, 6.07) is 0. The van der Waals surface area contributed by atoms with Crippen LogP contribution in [0.3, 0.4) is 0 Å². The Kier molecular flexibility index (Phi) is 2.81. The lowest BCUT2D eigenvalue weighted by Crippen LogP contribution is -2.06. The van der Waals surface area contributed by atoms with Crippen molar-refractivity contribution in [3.63, 3.8) is 0 Å². The number of hydrogen-bond donors (Lipinski definition) is 1. The second-order valence-corrected chi connectivity index (χ2v) is 3.66. The Hall–Kier alpha value is -0.900. The lowest BCUT2D eigenvalue weighted by Gasteiger charge is -1.97. The molecule has 0 saturated heterocycles. The fourth-order valence-corrected chi connectivity index (χ4v) is 1.65. The fraction of sp³-hybridized carbons (Fsp3) is 0.500. The highest BCUT2D eigenvalue weighted by molar-refractivity contribution is 7.12. The van der Waals surface area contributed by atoms with Crippen molar-refractivity contribution in [2.24, 2.45) is 5.92 Å². The Bertz CT molecular complexity index is 280. The fourth-order valence-electron chi connectivity index (χ4n) is 0.749. The Morgan fingerprint density at radius 3 is 2.75 bits per heavy atom. The van der Waals surface area contributed by atoms with Gasteiger partial charge >= 0.3 is 0 Å². The second kappa shape index (κ2) is 3.67. The number of hydrogen-bond acceptors (Lipinski definition) is 4. The van der Waals surface area contributed by atoms with Crippen LogP contribution in [0.4, 0.5) is 5.82 Å². The van der Waals surface area contributed by atoms with Gasteiger partial charge in [0.05, 0.1) is 0 Å². The first-order chi connectivity index (χ1) is 5.65. The number of nitrogens with one attached hydrogen (secondary N) is 1. The first-order valence-corrected chi connectivity index (χ1v) is 4.70. The molecule has 4 heteroatoms. The van der Waals surface area contributed by atoms with E-state index in [-0.39, 0.29) is 11.7 Å². The standard InChI is InChI=1S/C8H12N2OS/c1-5(2)7(11)8-10-6(9-3)4-12-8/h4-5,9H,1-3H3. The summed E-state index contributed by atoms with van der Waals surface area (Å²) < 4.78 is 0. The molecule has 1 aromatic heterocycles. The van der Waals surface area contributed by atoms with Gasteiger partial charge in [-0.05, 0) is 0 Å². The third-order valence-electron chi connectivity index (χ3n) is 1.50. The number of aromatic nitrogens is 1. The first-order valence-electron chi connectivity index (χ1n) is 3.82. The molecule has 1 heterocycles. The molecule has 1 rings (SSSR count). The third kappa shape index (κ3) is 1.82. The van der Waals surface area contributed by atoms with Crippen LogP contribution >= 0.6 is 11.3 Å². The number of anilines is 1. The molecule has 0 spiro atoms. The largest absolute Gasteiger partial charge is 0.372 e. The molecular formula is C8H12N2OS. The van der Waals surface area contributed by atoms with Crippen LogP contribution < -0.4 is 5.32 Å². The summed E-state index contributed by atoms with van der Waals surface area (Å²) in [4.78, 5) is 15.5. The predicted octanol–water partition coefficient (Wildman–Crippen LogP) is 2.02. The van der Waals surface area contributed by atoms with Crippen molar-refractivity contribution in [1.82, 2.24) is 4.98 Å². The van der Waals surface area contributed by atoms with Crippen molar-refractivity contribution in [2.45, 2.75) is 13.8 Å². The summed E-state index contributed by atoms with van der Waals surface area (Å²) in [6.07, 6.45) is 0. The molecule has 0 bridgehead atoms. The molecule has 3 nitrogen and oxygen atoms in total. The van der Waals surface area contributed by atoms with Crippen molar-refractivity contribution >= 4 is 22.9 Å². The summed E-state index contributed by atoms with van der Waals surface area (Å²) in [5.74, 6) is 0.909. The van der Waals surface area contributed by atoms with Crippen LogP contribution in [0.25, 0.3) is 0 Å². The molecule has 0 unspecified atom stereocenters. The van der Waals surface area contributed by atoms with Gasteiger partial charge in [0, 0.05) is 18.3 Å². The van der Waals surface area contributed by atoms with Gasteiger partial charge < -0.3 is 5.32 Å². The molecule has 12 heavy (non-hydrogen) atoms. The lowest BCUT2D eigenvalue weighted by molar-refractivity contribution is 0.0939. The summed E-state index contributed by atoms with van der Waals surface area (Å²) in [5, 5.41) is 5.32. The molecule has 0 aliphatic carbocycles. The normalized spacial score (nSPS) is 10.3. The van der Waals surface area contributed by atoms with Crippen LogP contribution in [0.1, 0.15) is 23.6 Å². The molecular weight excluding hydrogens is 172 g/mol. The Labute approximate surface area is 75.8 Å². The quantitative estimate of drug-likeness (QED) is 0.731. The Morgan fingerprint density at radius 2 is 2.33 bits per heavy atom. The van der Waals surface area contributed by atoms with Crippen LogP contribution in [0, 0.1) is 5.92 Å². The first kappa shape index (κ1) is 9.19. The van der Waals surface area contributed by atoms with E-state index in [1.807, 2.05) is 19.2 Å². The number of thiazole rings is 1. The molecule has 0 aliphatic rings. The van der Waals surface area contributed by atoms with Crippen molar-refractivity contribution in [1.29, 1.82) is 0 Å². The van der Waals surface area contributed by atoms with Crippen molar-refractivity contribution < 1.29 is 4.79 Å². The molecule has 0 saturated carbocycles. The lowest BCUT2D eigenvalue weighted by atomic mass is 10.1. The van der Waals surface area contributed by atoms with Gasteiger partial charge in [0.1, 0.15) is 5.82 Å². The van der Waals surface area contributed by atoms with E-state index in [9.17, 15) is 4.79 Å². The topological polar surface area (TPSA) is 42.0 Å². The highest BCUT2D eigenvalue weighted by atomic mass is 32.1. The maximum absolute atomic E-state index is 11.4. The van der Waals surface area contributed by atoms with Crippen LogP contribution in [-0.4, -0.2) is 17.8 Å². The van der Waals surface area contributed by atoms with Crippen molar-refractivity contribution in [3.05, 3.63) is 10.4 Å². The zero-order valence-corrected chi connectivity index (χ0v) is 8.23. The monoisotopic (exact) mass is 184 g/mol. The van der Waals surface area contributed by atoms with Gasteiger partial charge in [-0.2, -0.15) is 0 Å². The summed E-state index contributed by atoms with van der Waals surface area (Å²) in [7, 11) is 1.79. The zero-order chi connectivity index (χ0) is 9.14. The summed E-state index contributed by atoms with van der Waals surface area (Å²) in [5.41, 5.74) is 0. The van der Waals surface area contributed by atoms with Crippen LogP contribution in [-0.2, 0) is 0 Å². The molecule has 0 aromatic carbocycles. The number of carbonyl (C=O) groups is 1. The Balaban J connectivity index is 2.82. The van der Waals surface area contributed by atoms with E-state index in [1.54, 1.807) is 7.05 Å². The average molecular weight is 184 g/mol. The van der Waals surface area contributed by atoms with Crippen molar-refractivity contribution in [2.75, 3.05) is 12.4 Å². The van der Waals surface area contributed by atoms with Crippen molar-refractivity contribution in [3.8, 4) is 0 Å². The van der Waals surface area contributed by atoms with Gasteiger partial charge in [0.2, 0.25) is 0 Å². The molecule has 0 aliphatic heterocycles. The van der Waals surface area contributed by atoms with Gasteiger partial charge in [0.15, 0.2) is 10.8 Å². The minimum absolute atomic E-state index is 0.0286. The third-order valence-corrected chi connectivity index (χ3v) is 2.35. The zero-order valence-electron chi connectivity index (χ0n) is 7.42. The summed E-state index contributed by atoms with van der Waals surface area (Å²) >= 11 is 1.39. The number of carbonyl (C=O) groups excluding carboxylic acids is 1. The highest BCUT2D eigenvalue weighted by Crippen LogP contribution is 2.16. The smallest absolute Gasteiger partial charge is 0.193 e. The van der Waals surface area contributed by atoms with Gasteiger partial charge in [-0.1, -0.05) is 13.8 Å². The summed E-state index contributed by atoms with van der Waals surface area (Å²) in [6.45, 7) is 3.76. The van der Waals surface area contributed by atoms with E-state index < -0.39 is 0 Å². The minimum atomic E-state index is 0.0286. The van der Waals surface area contributed by atoms with E-state index >= 15 is 0 Å². The van der Waals surface area contributed by atoms with Gasteiger partial charge in [0.25, 0.3) is 0 Å². The Morgan fingerprint density at radius 1 is 1.67 bits per heavy atom. The molecule has 0 atom stereocenters. The number of nitrogens with zero attached hydrogens (tertiary/aromatic N) is 1. The molecule has 0 amide bonds. The van der Waals surface area contributed by atoms with Crippen LogP contribution in [0.2, 0.25) is 0 Å². The second-order valence-electron chi connectivity index (χ2n) is 2.81. The maximum Gasteiger partial charge on any atom is 0.193 e. The number of Topliss-reactive ketones (excluding diaryl/α,β-unsaturated/α-hetero) is 1. The predicted molar refractivity (Wildman–Crippen MR) is 50.8 cm³/mol.